The largest absolute Gasteiger partial charge is 0.415 e. The Morgan fingerprint density at radius 3 is 2.42 bits per heavy atom. The van der Waals surface area contributed by atoms with Crippen molar-refractivity contribution in [2.45, 2.75) is 51.7 Å². The molecular formula is C9H21NOSi. The van der Waals surface area contributed by atoms with Crippen molar-refractivity contribution in [1.82, 2.24) is 0 Å². The van der Waals surface area contributed by atoms with Crippen molar-refractivity contribution >= 4 is 9.76 Å². The maximum atomic E-state index is 5.67. The molecule has 0 aliphatic heterocycles. The number of rotatable bonds is 8. The number of nitrogens with two attached hydrogens (primary N) is 1. The van der Waals surface area contributed by atoms with Crippen molar-refractivity contribution in [2.24, 2.45) is 5.73 Å². The fourth-order valence-corrected chi connectivity index (χ4v) is 2.05. The minimum atomic E-state index is 0.487. The molecule has 0 saturated carbocycles. The Kier molecular flexibility index (Phi) is 9.33. The molecule has 3 heteroatoms. The Morgan fingerprint density at radius 2 is 1.92 bits per heavy atom. The topological polar surface area (TPSA) is 35.2 Å². The minimum absolute atomic E-state index is 0.487. The van der Waals surface area contributed by atoms with Crippen LogP contribution in [0.25, 0.3) is 0 Å². The highest BCUT2D eigenvalue weighted by atomic mass is 28.2. The van der Waals surface area contributed by atoms with Crippen LogP contribution in [0.1, 0.15) is 39.5 Å². The van der Waals surface area contributed by atoms with Crippen molar-refractivity contribution in [1.29, 1.82) is 0 Å². The zero-order chi connectivity index (χ0) is 9.23. The van der Waals surface area contributed by atoms with E-state index in [0.29, 0.717) is 15.9 Å². The second-order valence-corrected chi connectivity index (χ2v) is 3.97. The van der Waals surface area contributed by atoms with Gasteiger partial charge in [0.1, 0.15) is 0 Å². The molecular weight excluding hydrogens is 166 g/mol. The molecule has 0 bridgehead atoms. The van der Waals surface area contributed by atoms with E-state index >= 15 is 0 Å². The normalized spacial score (nSPS) is 11.0. The van der Waals surface area contributed by atoms with Gasteiger partial charge in [-0.15, -0.1) is 0 Å². The van der Waals surface area contributed by atoms with Crippen LogP contribution in [0.4, 0.5) is 0 Å². The Morgan fingerprint density at radius 1 is 1.25 bits per heavy atom. The smallest absolute Gasteiger partial charge is 0.230 e. The van der Waals surface area contributed by atoms with E-state index in [1.54, 1.807) is 0 Å². The molecule has 0 spiro atoms. The van der Waals surface area contributed by atoms with Crippen molar-refractivity contribution in [3.63, 3.8) is 0 Å². The van der Waals surface area contributed by atoms with Crippen LogP contribution in [0.15, 0.2) is 0 Å². The van der Waals surface area contributed by atoms with Crippen molar-refractivity contribution in [2.75, 3.05) is 6.54 Å². The summed E-state index contributed by atoms with van der Waals surface area (Å²) in [5.41, 5.74) is 5.39. The van der Waals surface area contributed by atoms with E-state index < -0.39 is 0 Å². The summed E-state index contributed by atoms with van der Waals surface area (Å²) < 4.78 is 5.67. The number of hydrogen-bond acceptors (Lipinski definition) is 2. The molecule has 0 aromatic rings. The van der Waals surface area contributed by atoms with Gasteiger partial charge in [0.15, 0.2) is 0 Å². The van der Waals surface area contributed by atoms with Gasteiger partial charge in [0.25, 0.3) is 0 Å². The highest BCUT2D eigenvalue weighted by molar-refractivity contribution is 6.27. The maximum Gasteiger partial charge on any atom is 0.230 e. The fraction of sp³-hybridized carbons (Fsp3) is 1.00. The molecule has 0 aliphatic rings. The highest BCUT2D eigenvalue weighted by Crippen LogP contribution is 2.03. The van der Waals surface area contributed by atoms with E-state index in [4.69, 9.17) is 10.2 Å². The molecule has 0 atom stereocenters. The Bertz CT molecular complexity index is 86.6. The summed E-state index contributed by atoms with van der Waals surface area (Å²) in [6.07, 6.45) is 5.12. The van der Waals surface area contributed by atoms with Crippen LogP contribution in [0.2, 0.25) is 6.04 Å². The average molecular weight is 187 g/mol. The molecule has 0 rings (SSSR count). The van der Waals surface area contributed by atoms with E-state index in [2.05, 4.69) is 13.8 Å². The first-order valence-electron chi connectivity index (χ1n) is 4.93. The van der Waals surface area contributed by atoms with Crippen LogP contribution in [0, 0.1) is 0 Å². The summed E-state index contributed by atoms with van der Waals surface area (Å²) in [5.74, 6) is 0. The van der Waals surface area contributed by atoms with Crippen molar-refractivity contribution in [3.8, 4) is 0 Å². The van der Waals surface area contributed by atoms with Gasteiger partial charge in [-0.2, -0.15) is 0 Å². The second-order valence-electron chi connectivity index (χ2n) is 2.95. The first kappa shape index (κ1) is 12.1. The van der Waals surface area contributed by atoms with Crippen molar-refractivity contribution < 1.29 is 4.43 Å². The summed E-state index contributed by atoms with van der Waals surface area (Å²) >= 11 is 0. The molecule has 2 radical (unpaired) electrons. The number of unbranched alkanes of at least 4 members (excludes halogenated alkanes) is 1. The minimum Gasteiger partial charge on any atom is -0.415 e. The van der Waals surface area contributed by atoms with Gasteiger partial charge in [-0.25, -0.2) is 0 Å². The quantitative estimate of drug-likeness (QED) is 0.466. The number of hydrogen-bond donors (Lipinski definition) is 1. The van der Waals surface area contributed by atoms with Crippen LogP contribution >= 0.6 is 0 Å². The Labute approximate surface area is 78.8 Å². The predicted molar refractivity (Wildman–Crippen MR) is 54.3 cm³/mol. The standard InChI is InChI=1S/C9H21NOSi/c1-3-9(4-2)11-12-8-6-5-7-10/h9H,3-8,10H2,1-2H3. The molecule has 0 aromatic carbocycles. The van der Waals surface area contributed by atoms with Gasteiger partial charge in [0, 0.05) is 6.10 Å². The van der Waals surface area contributed by atoms with Crippen LogP contribution in [0.3, 0.4) is 0 Å². The first-order valence-corrected chi connectivity index (χ1v) is 6.05. The first-order chi connectivity index (χ1) is 5.85. The monoisotopic (exact) mass is 187 g/mol. The van der Waals surface area contributed by atoms with Gasteiger partial charge >= 0.3 is 0 Å². The molecule has 0 unspecified atom stereocenters. The Balaban J connectivity index is 3.06. The van der Waals surface area contributed by atoms with Gasteiger partial charge < -0.3 is 10.2 Å². The third kappa shape index (κ3) is 6.82. The lowest BCUT2D eigenvalue weighted by Gasteiger charge is -2.12. The third-order valence-corrected chi connectivity index (χ3v) is 2.95. The van der Waals surface area contributed by atoms with E-state index in [0.717, 1.165) is 25.8 Å². The van der Waals surface area contributed by atoms with Crippen LogP contribution in [-0.2, 0) is 4.43 Å². The summed E-state index contributed by atoms with van der Waals surface area (Å²) in [6, 6.07) is 1.19. The maximum absolute atomic E-state index is 5.67. The highest BCUT2D eigenvalue weighted by Gasteiger charge is 2.02. The van der Waals surface area contributed by atoms with Crippen LogP contribution in [-0.4, -0.2) is 22.4 Å². The summed E-state index contributed by atoms with van der Waals surface area (Å²) in [4.78, 5) is 0. The molecule has 0 aliphatic carbocycles. The van der Waals surface area contributed by atoms with E-state index in [-0.39, 0.29) is 0 Å². The van der Waals surface area contributed by atoms with E-state index in [1.165, 1.54) is 12.5 Å². The van der Waals surface area contributed by atoms with Gasteiger partial charge in [-0.05, 0) is 31.9 Å². The zero-order valence-electron chi connectivity index (χ0n) is 8.31. The molecule has 0 saturated heterocycles. The summed E-state index contributed by atoms with van der Waals surface area (Å²) in [6.45, 7) is 5.17. The van der Waals surface area contributed by atoms with E-state index in [9.17, 15) is 0 Å². The SMILES string of the molecule is CCC(CC)O[Si]CCCCN. The van der Waals surface area contributed by atoms with Gasteiger partial charge in [-0.1, -0.05) is 20.3 Å². The molecule has 72 valence electrons. The van der Waals surface area contributed by atoms with Crippen LogP contribution < -0.4 is 5.73 Å². The van der Waals surface area contributed by atoms with Gasteiger partial charge in [0.2, 0.25) is 9.76 Å². The summed E-state index contributed by atoms with van der Waals surface area (Å²) in [7, 11) is 0.680. The lowest BCUT2D eigenvalue weighted by molar-refractivity contribution is 0.202. The molecule has 0 amide bonds. The molecule has 2 nitrogen and oxygen atoms in total. The zero-order valence-corrected chi connectivity index (χ0v) is 9.31. The summed E-state index contributed by atoms with van der Waals surface area (Å²) in [5, 5.41) is 0. The van der Waals surface area contributed by atoms with Crippen LogP contribution in [0.5, 0.6) is 0 Å². The molecule has 0 fully saturated rings. The molecule has 0 heterocycles. The lowest BCUT2D eigenvalue weighted by Crippen LogP contribution is -2.13. The Hall–Kier alpha value is 0.137. The molecule has 0 aromatic heterocycles. The molecule has 12 heavy (non-hydrogen) atoms. The molecule has 2 N–H and O–H groups in total. The third-order valence-electron chi connectivity index (χ3n) is 1.89. The lowest BCUT2D eigenvalue weighted by atomic mass is 10.2. The van der Waals surface area contributed by atoms with Crippen molar-refractivity contribution in [3.05, 3.63) is 0 Å². The predicted octanol–water partition coefficient (Wildman–Crippen LogP) is 1.97. The second kappa shape index (κ2) is 9.23. The van der Waals surface area contributed by atoms with E-state index in [1.807, 2.05) is 0 Å². The average Bonchev–Trinajstić information content (AvgIpc) is 2.11. The van der Waals surface area contributed by atoms with Gasteiger partial charge in [-0.3, -0.25) is 0 Å². The van der Waals surface area contributed by atoms with Gasteiger partial charge in [0.05, 0.1) is 0 Å². The fourth-order valence-electron chi connectivity index (χ4n) is 0.974.